The highest BCUT2D eigenvalue weighted by Gasteiger charge is 2.17. The maximum Gasteiger partial charge on any atom is 0.135 e. The van der Waals surface area contributed by atoms with Gasteiger partial charge in [0.2, 0.25) is 0 Å². The molecule has 0 saturated heterocycles. The second kappa shape index (κ2) is 4.41. The third kappa shape index (κ3) is 1.98. The third-order valence-corrected chi connectivity index (χ3v) is 4.07. The topological polar surface area (TPSA) is 26.0 Å². The van der Waals surface area contributed by atoms with Crippen molar-refractivity contribution in [2.45, 2.75) is 38.3 Å². The number of alkyl halides is 1. The van der Waals surface area contributed by atoms with Crippen molar-refractivity contribution < 1.29 is 4.39 Å². The molecule has 2 N–H and O–H groups in total. The molecule has 0 radical (unpaired) electrons. The van der Waals surface area contributed by atoms with E-state index in [0.717, 1.165) is 17.7 Å². The zero-order valence-electron chi connectivity index (χ0n) is 8.26. The second-order valence-corrected chi connectivity index (χ2v) is 5.02. The number of rotatable bonds is 3. The smallest absolute Gasteiger partial charge is 0.135 e. The fourth-order valence-corrected chi connectivity index (χ4v) is 3.23. The van der Waals surface area contributed by atoms with Crippen LogP contribution in [-0.4, -0.2) is 6.54 Å². The van der Waals surface area contributed by atoms with E-state index < -0.39 is 6.17 Å². The molecule has 2 rings (SSSR count). The minimum absolute atomic E-state index is 0.434. The summed E-state index contributed by atoms with van der Waals surface area (Å²) in [5, 5.41) is 0. The van der Waals surface area contributed by atoms with Crippen molar-refractivity contribution in [3.05, 3.63) is 21.4 Å². The van der Waals surface area contributed by atoms with E-state index in [1.807, 2.05) is 0 Å². The van der Waals surface area contributed by atoms with Crippen molar-refractivity contribution in [1.29, 1.82) is 0 Å². The molecule has 0 saturated carbocycles. The molecule has 3 heteroatoms. The Kier molecular flexibility index (Phi) is 3.19. The monoisotopic (exact) mass is 213 g/mol. The minimum Gasteiger partial charge on any atom is -0.330 e. The fraction of sp³-hybridized carbons (Fsp3) is 0.636. The Morgan fingerprint density at radius 2 is 2.21 bits per heavy atom. The summed E-state index contributed by atoms with van der Waals surface area (Å²) < 4.78 is 13.6. The number of halogens is 1. The molecule has 14 heavy (non-hydrogen) atoms. The first-order chi connectivity index (χ1) is 6.81. The van der Waals surface area contributed by atoms with Crippen molar-refractivity contribution in [2.24, 2.45) is 5.73 Å². The lowest BCUT2D eigenvalue weighted by molar-refractivity contribution is 0.333. The van der Waals surface area contributed by atoms with Crippen LogP contribution in [-0.2, 0) is 12.8 Å². The zero-order valence-corrected chi connectivity index (χ0v) is 9.08. The molecule has 1 nitrogen and oxygen atoms in total. The predicted octanol–water partition coefficient (Wildman–Crippen LogP) is 2.99. The lowest BCUT2D eigenvalue weighted by Gasteiger charge is -2.08. The zero-order chi connectivity index (χ0) is 9.97. The van der Waals surface area contributed by atoms with Crippen LogP contribution < -0.4 is 5.73 Å². The predicted molar refractivity (Wildman–Crippen MR) is 58.5 cm³/mol. The van der Waals surface area contributed by atoms with Crippen LogP contribution in [0.1, 0.15) is 40.8 Å². The van der Waals surface area contributed by atoms with Gasteiger partial charge in [-0.3, -0.25) is 0 Å². The Balaban J connectivity index is 2.15. The largest absolute Gasteiger partial charge is 0.330 e. The molecule has 0 aliphatic heterocycles. The van der Waals surface area contributed by atoms with E-state index in [2.05, 4.69) is 6.07 Å². The second-order valence-electron chi connectivity index (χ2n) is 3.85. The van der Waals surface area contributed by atoms with E-state index in [1.165, 1.54) is 23.3 Å². The lowest BCUT2D eigenvalue weighted by atomic mass is 9.99. The van der Waals surface area contributed by atoms with Gasteiger partial charge in [0.25, 0.3) is 0 Å². The summed E-state index contributed by atoms with van der Waals surface area (Å²) in [4.78, 5) is 2.30. The lowest BCUT2D eigenvalue weighted by Crippen LogP contribution is -2.02. The maximum absolute atomic E-state index is 13.6. The molecule has 1 aliphatic carbocycles. The van der Waals surface area contributed by atoms with Crippen LogP contribution in [0.15, 0.2) is 6.07 Å². The molecule has 1 aromatic heterocycles. The van der Waals surface area contributed by atoms with Crippen LogP contribution in [0.4, 0.5) is 4.39 Å². The van der Waals surface area contributed by atoms with E-state index in [4.69, 9.17) is 5.73 Å². The summed E-state index contributed by atoms with van der Waals surface area (Å²) in [5.41, 5.74) is 6.74. The molecule has 0 bridgehead atoms. The SMILES string of the molecule is NCCC(F)c1cc2c(s1)CCCC2. The van der Waals surface area contributed by atoms with E-state index in [0.29, 0.717) is 13.0 Å². The highest BCUT2D eigenvalue weighted by atomic mass is 32.1. The normalized spacial score (nSPS) is 17.9. The van der Waals surface area contributed by atoms with Crippen molar-refractivity contribution in [1.82, 2.24) is 0 Å². The summed E-state index contributed by atoms with van der Waals surface area (Å²) in [6.07, 6.45) is 4.43. The van der Waals surface area contributed by atoms with Crippen LogP contribution in [0.3, 0.4) is 0 Å². The average Bonchev–Trinajstić information content (AvgIpc) is 2.61. The first-order valence-electron chi connectivity index (χ1n) is 5.27. The Labute approximate surface area is 88.1 Å². The van der Waals surface area contributed by atoms with Crippen molar-refractivity contribution in [2.75, 3.05) is 6.54 Å². The Hall–Kier alpha value is -0.410. The molecule has 1 aromatic rings. The van der Waals surface area contributed by atoms with E-state index in [-0.39, 0.29) is 0 Å². The minimum atomic E-state index is -0.837. The van der Waals surface area contributed by atoms with Gasteiger partial charge >= 0.3 is 0 Å². The molecule has 0 fully saturated rings. The molecule has 1 aliphatic rings. The van der Waals surface area contributed by atoms with Gasteiger partial charge in [-0.05, 0) is 50.3 Å². The molecule has 0 amide bonds. The highest BCUT2D eigenvalue weighted by molar-refractivity contribution is 7.12. The number of hydrogen-bond donors (Lipinski definition) is 1. The number of aryl methyl sites for hydroxylation is 2. The van der Waals surface area contributed by atoms with Gasteiger partial charge in [-0.1, -0.05) is 0 Å². The Morgan fingerprint density at radius 3 is 2.93 bits per heavy atom. The number of hydrogen-bond acceptors (Lipinski definition) is 2. The summed E-state index contributed by atoms with van der Waals surface area (Å²) in [7, 11) is 0. The van der Waals surface area contributed by atoms with Crippen LogP contribution in [0.2, 0.25) is 0 Å². The molecule has 1 atom stereocenters. The first kappa shape index (κ1) is 10.1. The highest BCUT2D eigenvalue weighted by Crippen LogP contribution is 2.35. The van der Waals surface area contributed by atoms with Gasteiger partial charge in [0.05, 0.1) is 0 Å². The molecular weight excluding hydrogens is 197 g/mol. The number of thiophene rings is 1. The quantitative estimate of drug-likeness (QED) is 0.820. The van der Waals surface area contributed by atoms with Crippen molar-refractivity contribution in [3.8, 4) is 0 Å². The van der Waals surface area contributed by atoms with Gasteiger partial charge in [0.1, 0.15) is 6.17 Å². The molecule has 78 valence electrons. The van der Waals surface area contributed by atoms with Crippen LogP contribution >= 0.6 is 11.3 Å². The van der Waals surface area contributed by atoms with Crippen LogP contribution in [0.25, 0.3) is 0 Å². The number of fused-ring (bicyclic) bond motifs is 1. The third-order valence-electron chi connectivity index (χ3n) is 2.74. The molecule has 1 unspecified atom stereocenters. The van der Waals surface area contributed by atoms with Crippen molar-refractivity contribution >= 4 is 11.3 Å². The standard InChI is InChI=1S/C11H16FNS/c12-9(5-6-13)11-7-8-3-1-2-4-10(8)14-11/h7,9H,1-6,13H2. The molecule has 0 spiro atoms. The van der Waals surface area contributed by atoms with E-state index in [9.17, 15) is 4.39 Å². The average molecular weight is 213 g/mol. The van der Waals surface area contributed by atoms with Gasteiger partial charge in [0.15, 0.2) is 0 Å². The fourth-order valence-electron chi connectivity index (χ4n) is 1.96. The first-order valence-corrected chi connectivity index (χ1v) is 6.08. The number of nitrogens with two attached hydrogens (primary N) is 1. The summed E-state index contributed by atoms with van der Waals surface area (Å²) >= 11 is 1.65. The van der Waals surface area contributed by atoms with Gasteiger partial charge in [-0.25, -0.2) is 4.39 Å². The van der Waals surface area contributed by atoms with Crippen LogP contribution in [0.5, 0.6) is 0 Å². The van der Waals surface area contributed by atoms with Gasteiger partial charge < -0.3 is 5.73 Å². The summed E-state index contributed by atoms with van der Waals surface area (Å²) in [5.74, 6) is 0. The van der Waals surface area contributed by atoms with Gasteiger partial charge in [0, 0.05) is 9.75 Å². The molecule has 1 heterocycles. The Morgan fingerprint density at radius 1 is 1.43 bits per heavy atom. The Bertz CT molecular complexity index is 285. The summed E-state index contributed by atoms with van der Waals surface area (Å²) in [6.45, 7) is 0.434. The maximum atomic E-state index is 13.6. The van der Waals surface area contributed by atoms with Crippen LogP contribution in [0, 0.1) is 0 Å². The van der Waals surface area contributed by atoms with E-state index >= 15 is 0 Å². The molecule has 0 aromatic carbocycles. The van der Waals surface area contributed by atoms with E-state index in [1.54, 1.807) is 11.3 Å². The van der Waals surface area contributed by atoms with Crippen molar-refractivity contribution in [3.63, 3.8) is 0 Å². The van der Waals surface area contributed by atoms with Gasteiger partial charge in [-0.15, -0.1) is 11.3 Å². The van der Waals surface area contributed by atoms with Gasteiger partial charge in [-0.2, -0.15) is 0 Å². The summed E-state index contributed by atoms with van der Waals surface area (Å²) in [6, 6.07) is 2.06. The molecular formula is C11H16FNS.